The molecule has 0 bridgehead atoms. The molecule has 0 unspecified atom stereocenters. The SMILES string of the molecule is CCC=C(C)C(=O)N(C)CCc1ccccn1. The van der Waals surface area contributed by atoms with Crippen molar-refractivity contribution in [2.45, 2.75) is 26.7 Å². The molecule has 0 spiro atoms. The molecule has 0 fully saturated rings. The van der Waals surface area contributed by atoms with E-state index in [0.717, 1.165) is 24.1 Å². The standard InChI is InChI=1S/C14H20N2O/c1-4-7-12(2)14(17)16(3)11-9-13-8-5-6-10-15-13/h5-8,10H,4,9,11H2,1-3H3. The molecule has 1 rings (SSSR count). The van der Waals surface area contributed by atoms with E-state index in [1.54, 1.807) is 11.1 Å². The fourth-order valence-electron chi connectivity index (χ4n) is 1.62. The summed E-state index contributed by atoms with van der Waals surface area (Å²) in [5.41, 5.74) is 1.83. The van der Waals surface area contributed by atoms with E-state index in [4.69, 9.17) is 0 Å². The summed E-state index contributed by atoms with van der Waals surface area (Å²) in [6.07, 6.45) is 5.42. The van der Waals surface area contributed by atoms with Gasteiger partial charge in [-0.1, -0.05) is 19.1 Å². The molecular formula is C14H20N2O. The maximum atomic E-state index is 11.9. The highest BCUT2D eigenvalue weighted by atomic mass is 16.2. The van der Waals surface area contributed by atoms with Crippen LogP contribution >= 0.6 is 0 Å². The van der Waals surface area contributed by atoms with Crippen LogP contribution in [-0.2, 0) is 11.2 Å². The Bertz CT molecular complexity index is 384. The van der Waals surface area contributed by atoms with E-state index in [0.29, 0.717) is 6.54 Å². The predicted octanol–water partition coefficient (Wildman–Crippen LogP) is 2.44. The first kappa shape index (κ1) is 13.4. The van der Waals surface area contributed by atoms with Gasteiger partial charge in [0.2, 0.25) is 5.91 Å². The van der Waals surface area contributed by atoms with Crippen LogP contribution in [0.3, 0.4) is 0 Å². The lowest BCUT2D eigenvalue weighted by Crippen LogP contribution is -2.29. The van der Waals surface area contributed by atoms with Crippen molar-refractivity contribution >= 4 is 5.91 Å². The number of amides is 1. The summed E-state index contributed by atoms with van der Waals surface area (Å²) in [5.74, 6) is 0.0998. The zero-order valence-corrected chi connectivity index (χ0v) is 10.8. The number of pyridine rings is 1. The van der Waals surface area contributed by atoms with Gasteiger partial charge in [0, 0.05) is 37.5 Å². The lowest BCUT2D eigenvalue weighted by molar-refractivity contribution is -0.125. The Morgan fingerprint density at radius 2 is 2.24 bits per heavy atom. The molecule has 3 nitrogen and oxygen atoms in total. The highest BCUT2D eigenvalue weighted by Crippen LogP contribution is 2.03. The lowest BCUT2D eigenvalue weighted by atomic mass is 10.2. The number of hydrogen-bond acceptors (Lipinski definition) is 2. The number of rotatable bonds is 5. The summed E-state index contributed by atoms with van der Waals surface area (Å²) in [4.78, 5) is 17.9. The molecule has 0 aliphatic rings. The number of hydrogen-bond donors (Lipinski definition) is 0. The zero-order valence-electron chi connectivity index (χ0n) is 10.8. The molecule has 1 aromatic heterocycles. The molecule has 17 heavy (non-hydrogen) atoms. The normalized spacial score (nSPS) is 11.4. The predicted molar refractivity (Wildman–Crippen MR) is 69.6 cm³/mol. The quantitative estimate of drug-likeness (QED) is 0.730. The van der Waals surface area contributed by atoms with Gasteiger partial charge in [0.05, 0.1) is 0 Å². The molecule has 1 heterocycles. The molecule has 0 radical (unpaired) electrons. The summed E-state index contributed by atoms with van der Waals surface area (Å²) in [7, 11) is 1.83. The summed E-state index contributed by atoms with van der Waals surface area (Å²) in [6.45, 7) is 4.60. The fourth-order valence-corrected chi connectivity index (χ4v) is 1.62. The van der Waals surface area contributed by atoms with E-state index in [1.807, 2.05) is 45.2 Å². The molecule has 0 saturated carbocycles. The Hall–Kier alpha value is -1.64. The molecule has 92 valence electrons. The van der Waals surface area contributed by atoms with Crippen molar-refractivity contribution in [1.29, 1.82) is 0 Å². The van der Waals surface area contributed by atoms with Crippen molar-refractivity contribution in [3.05, 3.63) is 41.7 Å². The number of carbonyl (C=O) groups excluding carboxylic acids is 1. The summed E-state index contributed by atoms with van der Waals surface area (Å²) < 4.78 is 0. The van der Waals surface area contributed by atoms with Crippen molar-refractivity contribution < 1.29 is 4.79 Å². The number of aromatic nitrogens is 1. The van der Waals surface area contributed by atoms with Gasteiger partial charge >= 0.3 is 0 Å². The first-order valence-corrected chi connectivity index (χ1v) is 5.97. The fraction of sp³-hybridized carbons (Fsp3) is 0.429. The van der Waals surface area contributed by atoms with Crippen LogP contribution in [0.2, 0.25) is 0 Å². The van der Waals surface area contributed by atoms with Crippen LogP contribution in [0.5, 0.6) is 0 Å². The van der Waals surface area contributed by atoms with Crippen LogP contribution in [0.15, 0.2) is 36.0 Å². The molecule has 0 saturated heterocycles. The topological polar surface area (TPSA) is 33.2 Å². The van der Waals surface area contributed by atoms with Crippen LogP contribution in [-0.4, -0.2) is 29.4 Å². The Morgan fingerprint density at radius 1 is 1.47 bits per heavy atom. The number of allylic oxidation sites excluding steroid dienone is 1. The van der Waals surface area contributed by atoms with Gasteiger partial charge in [-0.25, -0.2) is 0 Å². The molecule has 0 aliphatic carbocycles. The average Bonchev–Trinajstić information content (AvgIpc) is 2.36. The van der Waals surface area contributed by atoms with Crippen molar-refractivity contribution in [1.82, 2.24) is 9.88 Å². The second-order valence-electron chi connectivity index (χ2n) is 4.09. The van der Waals surface area contributed by atoms with E-state index in [9.17, 15) is 4.79 Å². The van der Waals surface area contributed by atoms with Crippen molar-refractivity contribution in [3.63, 3.8) is 0 Å². The van der Waals surface area contributed by atoms with Gasteiger partial charge in [-0.3, -0.25) is 9.78 Å². The molecule has 0 aliphatic heterocycles. The first-order chi connectivity index (χ1) is 8.15. The second kappa shape index (κ2) is 6.84. The summed E-state index contributed by atoms with van der Waals surface area (Å²) in [6, 6.07) is 5.84. The van der Waals surface area contributed by atoms with Crippen LogP contribution < -0.4 is 0 Å². The largest absolute Gasteiger partial charge is 0.342 e. The molecular weight excluding hydrogens is 212 g/mol. The van der Waals surface area contributed by atoms with Gasteiger partial charge in [0.15, 0.2) is 0 Å². The minimum absolute atomic E-state index is 0.0998. The smallest absolute Gasteiger partial charge is 0.248 e. The first-order valence-electron chi connectivity index (χ1n) is 5.97. The van der Waals surface area contributed by atoms with Gasteiger partial charge in [0.25, 0.3) is 0 Å². The third-order valence-electron chi connectivity index (χ3n) is 2.62. The minimum atomic E-state index is 0.0998. The lowest BCUT2D eigenvalue weighted by Gasteiger charge is -2.17. The molecule has 3 heteroatoms. The van der Waals surface area contributed by atoms with Gasteiger partial charge in [0.1, 0.15) is 0 Å². The third kappa shape index (κ3) is 4.39. The Balaban J connectivity index is 2.47. The van der Waals surface area contributed by atoms with E-state index in [1.165, 1.54) is 0 Å². The van der Waals surface area contributed by atoms with Crippen LogP contribution in [0.1, 0.15) is 26.0 Å². The van der Waals surface area contributed by atoms with Crippen LogP contribution in [0.25, 0.3) is 0 Å². The van der Waals surface area contributed by atoms with Gasteiger partial charge in [-0.05, 0) is 25.5 Å². The molecule has 1 aromatic rings. The zero-order chi connectivity index (χ0) is 12.7. The molecule has 0 aromatic carbocycles. The van der Waals surface area contributed by atoms with Gasteiger partial charge in [-0.2, -0.15) is 0 Å². The van der Waals surface area contributed by atoms with Crippen molar-refractivity contribution in [3.8, 4) is 0 Å². The monoisotopic (exact) mass is 232 g/mol. The maximum absolute atomic E-state index is 11.9. The van der Waals surface area contributed by atoms with E-state index in [2.05, 4.69) is 4.98 Å². The van der Waals surface area contributed by atoms with Gasteiger partial charge < -0.3 is 4.90 Å². The Labute approximate surface area is 103 Å². The number of carbonyl (C=O) groups is 1. The summed E-state index contributed by atoms with van der Waals surface area (Å²) in [5, 5.41) is 0. The van der Waals surface area contributed by atoms with Gasteiger partial charge in [-0.15, -0.1) is 0 Å². The number of nitrogens with zero attached hydrogens (tertiary/aromatic N) is 2. The Morgan fingerprint density at radius 3 is 2.82 bits per heavy atom. The second-order valence-corrected chi connectivity index (χ2v) is 4.09. The number of likely N-dealkylation sites (N-methyl/N-ethyl adjacent to an activating group) is 1. The summed E-state index contributed by atoms with van der Waals surface area (Å²) >= 11 is 0. The van der Waals surface area contributed by atoms with E-state index in [-0.39, 0.29) is 5.91 Å². The van der Waals surface area contributed by atoms with E-state index < -0.39 is 0 Å². The van der Waals surface area contributed by atoms with Crippen molar-refractivity contribution in [2.75, 3.05) is 13.6 Å². The molecule has 0 atom stereocenters. The highest BCUT2D eigenvalue weighted by Gasteiger charge is 2.10. The minimum Gasteiger partial charge on any atom is -0.342 e. The van der Waals surface area contributed by atoms with Crippen LogP contribution in [0, 0.1) is 0 Å². The highest BCUT2D eigenvalue weighted by molar-refractivity contribution is 5.92. The Kier molecular flexibility index (Phi) is 5.40. The third-order valence-corrected chi connectivity index (χ3v) is 2.62. The maximum Gasteiger partial charge on any atom is 0.248 e. The molecule has 0 N–H and O–H groups in total. The average molecular weight is 232 g/mol. The van der Waals surface area contributed by atoms with Crippen molar-refractivity contribution in [2.24, 2.45) is 0 Å². The van der Waals surface area contributed by atoms with E-state index >= 15 is 0 Å². The molecule has 1 amide bonds. The van der Waals surface area contributed by atoms with Crippen LogP contribution in [0.4, 0.5) is 0 Å².